The van der Waals surface area contributed by atoms with Crippen LogP contribution in [0.2, 0.25) is 5.28 Å². The summed E-state index contributed by atoms with van der Waals surface area (Å²) < 4.78 is 43.6. The van der Waals surface area contributed by atoms with Crippen LogP contribution < -0.4 is 4.90 Å². The molecule has 1 aliphatic carbocycles. The Morgan fingerprint density at radius 2 is 1.91 bits per heavy atom. The molecule has 1 aromatic rings. The minimum absolute atomic E-state index is 0.0160. The molecule has 2 heterocycles. The molecule has 0 radical (unpaired) electrons. The lowest BCUT2D eigenvalue weighted by Gasteiger charge is -2.24. The highest BCUT2D eigenvalue weighted by Crippen LogP contribution is 2.73. The van der Waals surface area contributed by atoms with Crippen LogP contribution in [0.4, 0.5) is 19.0 Å². The van der Waals surface area contributed by atoms with E-state index >= 15 is 0 Å². The highest BCUT2D eigenvalue weighted by atomic mass is 35.5. The van der Waals surface area contributed by atoms with E-state index in [0.29, 0.717) is 19.0 Å². The number of hydrogen-bond acceptors (Lipinski definition) is 4. The molecular weight excluding hydrogens is 331 g/mol. The molecule has 1 saturated carbocycles. The molecule has 2 unspecified atom stereocenters. The van der Waals surface area contributed by atoms with Crippen molar-refractivity contribution in [3.8, 4) is 0 Å². The molecule has 2 aliphatic rings. The molecule has 1 aliphatic heterocycles. The Balaban J connectivity index is 1.85. The van der Waals surface area contributed by atoms with Gasteiger partial charge in [-0.15, -0.1) is 0 Å². The average Bonchev–Trinajstić information content (AvgIpc) is 2.72. The van der Waals surface area contributed by atoms with Crippen LogP contribution in [0.1, 0.15) is 19.5 Å². The lowest BCUT2D eigenvalue weighted by atomic mass is 10.0. The minimum atomic E-state index is -4.54. The molecule has 0 N–H and O–H groups in total. The Hall–Kier alpha value is -1.50. The molecule has 2 fully saturated rings. The molecule has 0 amide bonds. The third-order valence-corrected chi connectivity index (χ3v) is 5.51. The molecule has 0 aromatic carbocycles. The number of aromatic nitrogens is 2. The first-order valence-electron chi connectivity index (χ1n) is 7.18. The van der Waals surface area contributed by atoms with Crippen molar-refractivity contribution in [2.24, 2.45) is 16.7 Å². The number of ether oxygens (including phenoxy) is 1. The van der Waals surface area contributed by atoms with Gasteiger partial charge in [0.1, 0.15) is 5.82 Å². The molecule has 8 heteroatoms. The summed E-state index contributed by atoms with van der Waals surface area (Å²) in [5.41, 5.74) is -1.05. The fourth-order valence-electron chi connectivity index (χ4n) is 3.86. The lowest BCUT2D eigenvalue weighted by molar-refractivity contribution is -0.141. The van der Waals surface area contributed by atoms with Gasteiger partial charge in [-0.2, -0.15) is 13.2 Å². The Bertz CT molecular complexity index is 648. The van der Waals surface area contributed by atoms with E-state index in [1.54, 1.807) is 13.4 Å². The van der Waals surface area contributed by atoms with E-state index in [2.05, 4.69) is 23.8 Å². The summed E-state index contributed by atoms with van der Waals surface area (Å²) in [6.07, 6.45) is -0.861. The second-order valence-electron chi connectivity index (χ2n) is 6.61. The van der Waals surface area contributed by atoms with Crippen LogP contribution in [0.3, 0.4) is 0 Å². The average molecular weight is 348 g/mol. The SMILES string of the molecule is CO/C=C/C1C2(C)CN(c3cc(C(F)(F)F)nc(Cl)n3)CC12C. The van der Waals surface area contributed by atoms with Gasteiger partial charge in [0.25, 0.3) is 0 Å². The van der Waals surface area contributed by atoms with E-state index in [4.69, 9.17) is 16.3 Å². The first-order chi connectivity index (χ1) is 10.6. The van der Waals surface area contributed by atoms with Gasteiger partial charge in [-0.1, -0.05) is 13.8 Å². The third-order valence-electron chi connectivity index (χ3n) is 5.34. The number of piperidine rings is 1. The van der Waals surface area contributed by atoms with Crippen LogP contribution in [0.25, 0.3) is 0 Å². The number of hydrogen-bond donors (Lipinski definition) is 0. The van der Waals surface area contributed by atoms with E-state index in [1.165, 1.54) is 0 Å². The molecular formula is C15H17ClF3N3O. The van der Waals surface area contributed by atoms with Crippen molar-refractivity contribution in [2.75, 3.05) is 25.1 Å². The first kappa shape index (κ1) is 16.4. The summed E-state index contributed by atoms with van der Waals surface area (Å²) in [5.74, 6) is 0.562. The van der Waals surface area contributed by atoms with Crippen LogP contribution >= 0.6 is 11.6 Å². The predicted molar refractivity (Wildman–Crippen MR) is 80.1 cm³/mol. The molecule has 3 rings (SSSR count). The second kappa shape index (κ2) is 5.00. The van der Waals surface area contributed by atoms with Crippen LogP contribution in [-0.4, -0.2) is 30.2 Å². The fraction of sp³-hybridized carbons (Fsp3) is 0.600. The van der Waals surface area contributed by atoms with E-state index in [-0.39, 0.29) is 21.9 Å². The molecule has 23 heavy (non-hydrogen) atoms. The van der Waals surface area contributed by atoms with Gasteiger partial charge in [-0.25, -0.2) is 9.97 Å². The van der Waals surface area contributed by atoms with E-state index in [9.17, 15) is 13.2 Å². The zero-order valence-electron chi connectivity index (χ0n) is 13.0. The Morgan fingerprint density at radius 3 is 2.43 bits per heavy atom. The first-order valence-corrected chi connectivity index (χ1v) is 7.56. The van der Waals surface area contributed by atoms with E-state index in [1.807, 2.05) is 11.0 Å². The zero-order valence-corrected chi connectivity index (χ0v) is 13.7. The summed E-state index contributed by atoms with van der Waals surface area (Å²) in [5, 5.41) is -0.387. The maximum Gasteiger partial charge on any atom is 0.433 e. The van der Waals surface area contributed by atoms with Gasteiger partial charge in [0.05, 0.1) is 13.4 Å². The standard InChI is InChI=1S/C15H17ClF3N3O/c1-13-7-22(8-14(13,2)9(13)4-5-23-3)11-6-10(15(17,18)19)20-12(16)21-11/h4-6,9H,7-8H2,1-3H3/b5-4+. The van der Waals surface area contributed by atoms with Crippen LogP contribution in [0.15, 0.2) is 18.4 Å². The highest BCUT2D eigenvalue weighted by Gasteiger charge is 2.74. The molecule has 126 valence electrons. The molecule has 0 spiro atoms. The molecule has 0 bridgehead atoms. The summed E-state index contributed by atoms with van der Waals surface area (Å²) in [4.78, 5) is 9.09. The number of halogens is 4. The number of fused-ring (bicyclic) bond motifs is 1. The summed E-state index contributed by atoms with van der Waals surface area (Å²) in [6.45, 7) is 5.50. The number of methoxy groups -OCH3 is 1. The summed E-state index contributed by atoms with van der Waals surface area (Å²) in [7, 11) is 1.59. The van der Waals surface area contributed by atoms with Gasteiger partial charge in [-0.3, -0.25) is 0 Å². The normalized spacial score (nSPS) is 33.2. The van der Waals surface area contributed by atoms with Gasteiger partial charge in [0.15, 0.2) is 5.69 Å². The number of nitrogens with zero attached hydrogens (tertiary/aromatic N) is 3. The largest absolute Gasteiger partial charge is 0.505 e. The van der Waals surface area contributed by atoms with E-state index in [0.717, 1.165) is 6.07 Å². The van der Waals surface area contributed by atoms with Gasteiger partial charge in [0.2, 0.25) is 5.28 Å². The van der Waals surface area contributed by atoms with Crippen molar-refractivity contribution in [1.29, 1.82) is 0 Å². The smallest absolute Gasteiger partial charge is 0.433 e. The monoisotopic (exact) mass is 347 g/mol. The van der Waals surface area contributed by atoms with Gasteiger partial charge in [0, 0.05) is 19.2 Å². The molecule has 1 saturated heterocycles. The van der Waals surface area contributed by atoms with Crippen molar-refractivity contribution >= 4 is 17.4 Å². The van der Waals surface area contributed by atoms with Crippen molar-refractivity contribution in [3.05, 3.63) is 29.4 Å². The van der Waals surface area contributed by atoms with Crippen LogP contribution in [0, 0.1) is 16.7 Å². The molecule has 4 nitrogen and oxygen atoms in total. The molecule has 1 aromatic heterocycles. The maximum absolute atomic E-state index is 12.9. The third kappa shape index (κ3) is 2.45. The Labute approximate surface area is 137 Å². The number of anilines is 1. The van der Waals surface area contributed by atoms with Gasteiger partial charge >= 0.3 is 6.18 Å². The van der Waals surface area contributed by atoms with Crippen molar-refractivity contribution in [3.63, 3.8) is 0 Å². The topological polar surface area (TPSA) is 38.2 Å². The van der Waals surface area contributed by atoms with E-state index < -0.39 is 11.9 Å². The minimum Gasteiger partial charge on any atom is -0.505 e. The van der Waals surface area contributed by atoms with Gasteiger partial charge in [-0.05, 0) is 34.4 Å². The second-order valence-corrected chi connectivity index (χ2v) is 6.95. The highest BCUT2D eigenvalue weighted by molar-refractivity contribution is 6.28. The number of alkyl halides is 3. The zero-order chi connectivity index (χ0) is 17.0. The lowest BCUT2D eigenvalue weighted by Crippen LogP contribution is -2.28. The predicted octanol–water partition coefficient (Wildman–Crippen LogP) is 3.77. The number of rotatable bonds is 3. The van der Waals surface area contributed by atoms with Crippen molar-refractivity contribution in [1.82, 2.24) is 9.97 Å². The van der Waals surface area contributed by atoms with Crippen LogP contribution in [0.5, 0.6) is 0 Å². The quantitative estimate of drug-likeness (QED) is 0.616. The number of allylic oxidation sites excluding steroid dienone is 1. The molecule has 2 atom stereocenters. The fourth-order valence-corrected chi connectivity index (χ4v) is 4.04. The maximum atomic E-state index is 12.9. The Kier molecular flexibility index (Phi) is 3.55. The van der Waals surface area contributed by atoms with Crippen molar-refractivity contribution < 1.29 is 17.9 Å². The summed E-state index contributed by atoms with van der Waals surface area (Å²) in [6, 6.07) is 0.962. The summed E-state index contributed by atoms with van der Waals surface area (Å²) >= 11 is 5.67. The van der Waals surface area contributed by atoms with Crippen molar-refractivity contribution in [2.45, 2.75) is 20.0 Å². The van der Waals surface area contributed by atoms with Crippen LogP contribution in [-0.2, 0) is 10.9 Å². The Morgan fingerprint density at radius 1 is 1.30 bits per heavy atom. The van der Waals surface area contributed by atoms with Gasteiger partial charge < -0.3 is 9.64 Å².